The molecule has 0 spiro atoms. The van der Waals surface area contributed by atoms with E-state index in [2.05, 4.69) is 5.32 Å². The Hall–Kier alpha value is -2.48. The Labute approximate surface area is 158 Å². The fourth-order valence-corrected chi connectivity index (χ4v) is 2.52. The van der Waals surface area contributed by atoms with Crippen LogP contribution in [0.4, 0.5) is 11.4 Å². The van der Waals surface area contributed by atoms with Crippen LogP contribution in [0.3, 0.4) is 0 Å². The normalized spacial score (nSPS) is 10.2. The third kappa shape index (κ3) is 6.79. The van der Waals surface area contributed by atoms with Crippen molar-refractivity contribution in [2.75, 3.05) is 31.5 Å². The highest BCUT2D eigenvalue weighted by molar-refractivity contribution is 5.94. The molecule has 2 aromatic carbocycles. The number of nitrogens with two attached hydrogens (primary N) is 1. The molecular weight excluding hydrogens is 356 g/mol. The van der Waals surface area contributed by atoms with Gasteiger partial charge < -0.3 is 11.1 Å². The number of nitro benzene ring substituents is 1. The highest BCUT2D eigenvalue weighted by atomic mass is 35.5. The van der Waals surface area contributed by atoms with E-state index in [0.29, 0.717) is 19.6 Å². The lowest BCUT2D eigenvalue weighted by molar-refractivity contribution is -0.383. The molecular formula is C18H23ClN4O3. The molecule has 7 nitrogen and oxygen atoms in total. The maximum Gasteiger partial charge on any atom is 0.292 e. The SMILES string of the molecule is Cl.NCCN(CCc1ccccc1)CC(=O)Nc1ccccc1[N+](=O)[O-]. The number of hydrogen-bond acceptors (Lipinski definition) is 5. The number of benzene rings is 2. The van der Waals surface area contributed by atoms with Crippen LogP contribution in [0.2, 0.25) is 0 Å². The topological polar surface area (TPSA) is 102 Å². The molecule has 1 amide bonds. The van der Waals surface area contributed by atoms with Gasteiger partial charge in [0.1, 0.15) is 5.69 Å². The number of carbonyl (C=O) groups excluding carboxylic acids is 1. The lowest BCUT2D eigenvalue weighted by atomic mass is 10.1. The van der Waals surface area contributed by atoms with E-state index in [1.165, 1.54) is 17.7 Å². The second-order valence-electron chi connectivity index (χ2n) is 5.62. The number of hydrogen-bond donors (Lipinski definition) is 2. The minimum absolute atomic E-state index is 0. The van der Waals surface area contributed by atoms with Crippen LogP contribution in [0.25, 0.3) is 0 Å². The van der Waals surface area contributed by atoms with Gasteiger partial charge in [-0.2, -0.15) is 0 Å². The van der Waals surface area contributed by atoms with Crippen LogP contribution in [0, 0.1) is 10.1 Å². The fourth-order valence-electron chi connectivity index (χ4n) is 2.52. The number of anilines is 1. The number of amides is 1. The van der Waals surface area contributed by atoms with E-state index >= 15 is 0 Å². The molecule has 0 fully saturated rings. The monoisotopic (exact) mass is 378 g/mol. The van der Waals surface area contributed by atoms with Crippen molar-refractivity contribution in [3.8, 4) is 0 Å². The molecule has 0 aromatic heterocycles. The summed E-state index contributed by atoms with van der Waals surface area (Å²) in [7, 11) is 0. The first-order valence-electron chi connectivity index (χ1n) is 8.09. The quantitative estimate of drug-likeness (QED) is 0.515. The maximum absolute atomic E-state index is 12.3. The number of halogens is 1. The van der Waals surface area contributed by atoms with E-state index in [0.717, 1.165) is 6.42 Å². The Bertz CT molecular complexity index is 713. The molecule has 8 heteroatoms. The minimum atomic E-state index is -0.511. The summed E-state index contributed by atoms with van der Waals surface area (Å²) in [5.41, 5.74) is 6.89. The summed E-state index contributed by atoms with van der Waals surface area (Å²) in [6.45, 7) is 1.84. The molecule has 26 heavy (non-hydrogen) atoms. The first-order valence-corrected chi connectivity index (χ1v) is 8.09. The first kappa shape index (κ1) is 21.6. The molecule has 0 radical (unpaired) electrons. The molecule has 0 aliphatic heterocycles. The van der Waals surface area contributed by atoms with Crippen LogP contribution >= 0.6 is 12.4 Å². The number of para-hydroxylation sites is 2. The second kappa shape index (κ2) is 11.2. The van der Waals surface area contributed by atoms with E-state index < -0.39 is 4.92 Å². The largest absolute Gasteiger partial charge is 0.329 e. The van der Waals surface area contributed by atoms with E-state index in [9.17, 15) is 14.9 Å². The molecule has 0 aliphatic carbocycles. The molecule has 0 saturated heterocycles. The van der Waals surface area contributed by atoms with E-state index in [1.54, 1.807) is 12.1 Å². The predicted molar refractivity (Wildman–Crippen MR) is 105 cm³/mol. The van der Waals surface area contributed by atoms with Gasteiger partial charge in [-0.05, 0) is 18.1 Å². The average Bonchev–Trinajstić information content (AvgIpc) is 2.61. The van der Waals surface area contributed by atoms with Gasteiger partial charge in [0.2, 0.25) is 5.91 Å². The van der Waals surface area contributed by atoms with Crippen molar-refractivity contribution < 1.29 is 9.72 Å². The van der Waals surface area contributed by atoms with Gasteiger partial charge in [0.25, 0.3) is 5.69 Å². The number of rotatable bonds is 9. The van der Waals surface area contributed by atoms with Crippen LogP contribution < -0.4 is 11.1 Å². The van der Waals surface area contributed by atoms with Crippen LogP contribution in [0.15, 0.2) is 54.6 Å². The maximum atomic E-state index is 12.3. The third-order valence-corrected chi connectivity index (χ3v) is 3.75. The number of carbonyl (C=O) groups is 1. The molecule has 0 atom stereocenters. The van der Waals surface area contributed by atoms with E-state index in [-0.39, 0.29) is 36.2 Å². The molecule has 0 unspecified atom stereocenters. The zero-order valence-corrected chi connectivity index (χ0v) is 15.2. The first-order chi connectivity index (χ1) is 12.1. The summed E-state index contributed by atoms with van der Waals surface area (Å²) in [6.07, 6.45) is 0.805. The Balaban J connectivity index is 0.00000338. The van der Waals surface area contributed by atoms with Crippen LogP contribution in [0.5, 0.6) is 0 Å². The summed E-state index contributed by atoms with van der Waals surface area (Å²) in [4.78, 5) is 24.7. The van der Waals surface area contributed by atoms with Crippen LogP contribution in [-0.4, -0.2) is 41.9 Å². The van der Waals surface area contributed by atoms with Gasteiger partial charge >= 0.3 is 0 Å². The number of nitrogens with zero attached hydrogens (tertiary/aromatic N) is 2. The van der Waals surface area contributed by atoms with Gasteiger partial charge in [-0.3, -0.25) is 19.8 Å². The molecule has 3 N–H and O–H groups in total. The molecule has 0 heterocycles. The Morgan fingerprint density at radius 2 is 1.73 bits per heavy atom. The highest BCUT2D eigenvalue weighted by Crippen LogP contribution is 2.22. The van der Waals surface area contributed by atoms with Crippen molar-refractivity contribution in [2.45, 2.75) is 6.42 Å². The molecule has 2 aromatic rings. The fraction of sp³-hybridized carbons (Fsp3) is 0.278. The summed E-state index contributed by atoms with van der Waals surface area (Å²) in [6, 6.07) is 16.1. The lowest BCUT2D eigenvalue weighted by Gasteiger charge is -2.21. The van der Waals surface area contributed by atoms with Gasteiger partial charge in [0.05, 0.1) is 11.5 Å². The third-order valence-electron chi connectivity index (χ3n) is 3.75. The van der Waals surface area contributed by atoms with Crippen LogP contribution in [0.1, 0.15) is 5.56 Å². The van der Waals surface area contributed by atoms with Crippen molar-refractivity contribution in [3.63, 3.8) is 0 Å². The molecule has 2 rings (SSSR count). The van der Waals surface area contributed by atoms with Crippen molar-refractivity contribution in [3.05, 3.63) is 70.3 Å². The van der Waals surface area contributed by atoms with Crippen molar-refractivity contribution in [1.82, 2.24) is 4.90 Å². The summed E-state index contributed by atoms with van der Waals surface area (Å²) in [5.74, 6) is -0.296. The Morgan fingerprint density at radius 1 is 1.08 bits per heavy atom. The smallest absolute Gasteiger partial charge is 0.292 e. The lowest BCUT2D eigenvalue weighted by Crippen LogP contribution is -2.38. The molecule has 0 bridgehead atoms. The number of nitrogens with one attached hydrogen (secondary N) is 1. The van der Waals surface area contributed by atoms with E-state index in [4.69, 9.17) is 5.73 Å². The molecule has 140 valence electrons. The van der Waals surface area contributed by atoms with Crippen molar-refractivity contribution >= 4 is 29.7 Å². The van der Waals surface area contributed by atoms with Gasteiger partial charge in [-0.1, -0.05) is 42.5 Å². The standard InChI is InChI=1S/C18H22N4O3.ClH/c19-11-13-21(12-10-15-6-2-1-3-7-15)14-18(23)20-16-8-4-5-9-17(16)22(24)25;/h1-9H,10-14,19H2,(H,20,23);1H. The van der Waals surface area contributed by atoms with Crippen molar-refractivity contribution in [2.24, 2.45) is 5.73 Å². The van der Waals surface area contributed by atoms with Gasteiger partial charge in [-0.15, -0.1) is 12.4 Å². The average molecular weight is 379 g/mol. The molecule has 0 saturated carbocycles. The zero-order valence-electron chi connectivity index (χ0n) is 14.3. The van der Waals surface area contributed by atoms with Crippen LogP contribution in [-0.2, 0) is 11.2 Å². The minimum Gasteiger partial charge on any atom is -0.329 e. The summed E-state index contributed by atoms with van der Waals surface area (Å²) < 4.78 is 0. The predicted octanol–water partition coefficient (Wildman–Crippen LogP) is 2.46. The summed E-state index contributed by atoms with van der Waals surface area (Å²) in [5, 5.41) is 13.6. The van der Waals surface area contributed by atoms with Crippen molar-refractivity contribution in [1.29, 1.82) is 0 Å². The highest BCUT2D eigenvalue weighted by Gasteiger charge is 2.16. The Morgan fingerprint density at radius 3 is 2.38 bits per heavy atom. The van der Waals surface area contributed by atoms with Gasteiger partial charge in [0, 0.05) is 25.7 Å². The summed E-state index contributed by atoms with van der Waals surface area (Å²) >= 11 is 0. The van der Waals surface area contributed by atoms with Gasteiger partial charge in [0.15, 0.2) is 0 Å². The molecule has 0 aliphatic rings. The second-order valence-corrected chi connectivity index (χ2v) is 5.62. The van der Waals surface area contributed by atoms with E-state index in [1.807, 2.05) is 35.2 Å². The van der Waals surface area contributed by atoms with Gasteiger partial charge in [-0.25, -0.2) is 0 Å². The number of nitro groups is 1. The zero-order chi connectivity index (χ0) is 18.1. The Kier molecular flexibility index (Phi) is 9.29.